The van der Waals surface area contributed by atoms with Gasteiger partial charge in [0.1, 0.15) is 5.75 Å². The Bertz CT molecular complexity index is 681. The van der Waals surface area contributed by atoms with Gasteiger partial charge >= 0.3 is 0 Å². The lowest BCUT2D eigenvalue weighted by Crippen LogP contribution is -2.57. The van der Waals surface area contributed by atoms with Crippen LogP contribution in [-0.2, 0) is 16.0 Å². The van der Waals surface area contributed by atoms with Crippen molar-refractivity contribution in [3.8, 4) is 5.75 Å². The Kier molecular flexibility index (Phi) is 6.70. The van der Waals surface area contributed by atoms with Gasteiger partial charge in [0.2, 0.25) is 11.8 Å². The number of benzene rings is 1. The normalized spacial score (nSPS) is 17.5. The number of phenols is 1. The molecule has 1 aromatic rings. The fourth-order valence-electron chi connectivity index (χ4n) is 2.82. The quantitative estimate of drug-likeness (QED) is 0.756. The van der Waals surface area contributed by atoms with Crippen molar-refractivity contribution < 1.29 is 19.8 Å². The third-order valence-corrected chi connectivity index (χ3v) is 4.96. The highest BCUT2D eigenvalue weighted by Crippen LogP contribution is 2.30. The van der Waals surface area contributed by atoms with Crippen molar-refractivity contribution >= 4 is 35.0 Å². The minimum atomic E-state index is -0.443. The summed E-state index contributed by atoms with van der Waals surface area (Å²) in [6, 6.07) is 2.45. The molecular weight excluding hydrogens is 367 g/mol. The van der Waals surface area contributed by atoms with Gasteiger partial charge in [-0.3, -0.25) is 9.59 Å². The highest BCUT2D eigenvalue weighted by molar-refractivity contribution is 6.42. The zero-order chi connectivity index (χ0) is 18.6. The molecule has 0 saturated carbocycles. The first-order valence-electron chi connectivity index (χ1n) is 7.86. The third kappa shape index (κ3) is 4.66. The molecule has 0 aromatic heterocycles. The number of halogens is 2. The predicted octanol–water partition coefficient (Wildman–Crippen LogP) is 1.85. The highest BCUT2D eigenvalue weighted by atomic mass is 35.5. The van der Waals surface area contributed by atoms with Crippen LogP contribution in [0, 0.1) is 0 Å². The zero-order valence-electron chi connectivity index (χ0n) is 13.6. The van der Waals surface area contributed by atoms with Crippen molar-refractivity contribution in [3.05, 3.63) is 40.4 Å². The Morgan fingerprint density at radius 2 is 1.96 bits per heavy atom. The molecule has 0 bridgehead atoms. The molecule has 136 valence electrons. The summed E-state index contributed by atoms with van der Waals surface area (Å²) in [6.45, 7) is 4.23. The monoisotopic (exact) mass is 386 g/mol. The van der Waals surface area contributed by atoms with E-state index in [1.165, 1.54) is 17.0 Å². The number of piperazine rings is 1. The number of rotatable bonds is 5. The number of aryl methyl sites for hydroxylation is 1. The van der Waals surface area contributed by atoms with Crippen LogP contribution in [0.4, 0.5) is 0 Å². The molecule has 1 aliphatic heterocycles. The summed E-state index contributed by atoms with van der Waals surface area (Å²) in [5.74, 6) is -0.377. The summed E-state index contributed by atoms with van der Waals surface area (Å²) in [5, 5.41) is 19.9. The first kappa shape index (κ1) is 19.6. The van der Waals surface area contributed by atoms with Crippen LogP contribution in [0.1, 0.15) is 12.0 Å². The minimum Gasteiger partial charge on any atom is -0.508 e. The first-order chi connectivity index (χ1) is 11.9. The zero-order valence-corrected chi connectivity index (χ0v) is 15.1. The van der Waals surface area contributed by atoms with Crippen LogP contribution in [0.25, 0.3) is 0 Å². The van der Waals surface area contributed by atoms with Gasteiger partial charge < -0.3 is 20.0 Å². The topological polar surface area (TPSA) is 81.1 Å². The van der Waals surface area contributed by atoms with Crippen molar-refractivity contribution in [2.45, 2.75) is 18.9 Å². The summed E-state index contributed by atoms with van der Waals surface area (Å²) < 4.78 is 0. The van der Waals surface area contributed by atoms with Gasteiger partial charge in [0, 0.05) is 32.1 Å². The summed E-state index contributed by atoms with van der Waals surface area (Å²) in [4.78, 5) is 27.3. The number of carbonyl (C=O) groups is 2. The van der Waals surface area contributed by atoms with Crippen LogP contribution in [0.2, 0.25) is 10.0 Å². The molecule has 0 radical (unpaired) electrons. The number of hydrogen-bond acceptors (Lipinski definition) is 4. The van der Waals surface area contributed by atoms with Gasteiger partial charge in [0.15, 0.2) is 0 Å². The first-order valence-corrected chi connectivity index (χ1v) is 8.61. The Hall–Kier alpha value is -1.76. The van der Waals surface area contributed by atoms with Gasteiger partial charge in [-0.25, -0.2) is 0 Å². The fourth-order valence-corrected chi connectivity index (χ4v) is 3.17. The summed E-state index contributed by atoms with van der Waals surface area (Å²) in [6.07, 6.45) is 1.70. The second-order valence-corrected chi connectivity index (χ2v) is 6.62. The van der Waals surface area contributed by atoms with Crippen molar-refractivity contribution in [3.63, 3.8) is 0 Å². The number of phenolic OH excluding ortho intramolecular Hbond substituents is 1. The molecule has 1 fully saturated rings. The molecule has 0 aliphatic carbocycles. The van der Waals surface area contributed by atoms with Crippen molar-refractivity contribution in [1.82, 2.24) is 9.80 Å². The number of aliphatic hydroxyl groups excluding tert-OH is 1. The van der Waals surface area contributed by atoms with Crippen LogP contribution in [-0.4, -0.2) is 64.1 Å². The molecule has 2 amide bonds. The molecule has 6 nitrogen and oxygen atoms in total. The number of carbonyl (C=O) groups excluding carboxylic acids is 2. The van der Waals surface area contributed by atoms with Crippen molar-refractivity contribution in [2.24, 2.45) is 0 Å². The van der Waals surface area contributed by atoms with E-state index >= 15 is 0 Å². The second kappa shape index (κ2) is 8.56. The van der Waals surface area contributed by atoms with Gasteiger partial charge in [0.25, 0.3) is 0 Å². The van der Waals surface area contributed by atoms with E-state index in [1.54, 1.807) is 11.0 Å². The van der Waals surface area contributed by atoms with Gasteiger partial charge in [-0.15, -0.1) is 0 Å². The van der Waals surface area contributed by atoms with E-state index in [9.17, 15) is 19.8 Å². The Labute approximate surface area is 156 Å². The van der Waals surface area contributed by atoms with E-state index in [0.29, 0.717) is 30.1 Å². The standard InChI is InChI=1S/C17H20Cl2N2O4/c1-2-16(24)21-6-5-20(9-12(21)10-22)17(25)4-3-11-7-13(18)14(19)8-15(11)23/h2,7-8,12,22-23H,1,3-6,9-10H2. The maximum atomic E-state index is 12.4. The summed E-state index contributed by atoms with van der Waals surface area (Å²) in [5.41, 5.74) is 0.543. The summed E-state index contributed by atoms with van der Waals surface area (Å²) in [7, 11) is 0. The fraction of sp³-hybridized carbons (Fsp3) is 0.412. The molecule has 0 spiro atoms. The predicted molar refractivity (Wildman–Crippen MR) is 95.8 cm³/mol. The second-order valence-electron chi connectivity index (χ2n) is 5.81. The Morgan fingerprint density at radius 1 is 1.28 bits per heavy atom. The van der Waals surface area contributed by atoms with Gasteiger partial charge in [0.05, 0.1) is 22.7 Å². The van der Waals surface area contributed by atoms with Crippen molar-refractivity contribution in [1.29, 1.82) is 0 Å². The Morgan fingerprint density at radius 3 is 2.60 bits per heavy atom. The van der Waals surface area contributed by atoms with Crippen LogP contribution in [0.5, 0.6) is 5.75 Å². The number of amides is 2. The third-order valence-electron chi connectivity index (χ3n) is 4.23. The SMILES string of the molecule is C=CC(=O)N1CCN(C(=O)CCc2cc(Cl)c(Cl)cc2O)CC1CO. The van der Waals surface area contributed by atoms with E-state index in [1.807, 2.05) is 0 Å². The van der Waals surface area contributed by atoms with E-state index in [0.717, 1.165) is 0 Å². The number of aliphatic hydroxyl groups is 1. The van der Waals surface area contributed by atoms with E-state index in [2.05, 4.69) is 6.58 Å². The molecule has 1 aromatic carbocycles. The van der Waals surface area contributed by atoms with Crippen LogP contribution in [0.15, 0.2) is 24.8 Å². The van der Waals surface area contributed by atoms with E-state index in [-0.39, 0.29) is 42.2 Å². The van der Waals surface area contributed by atoms with Crippen LogP contribution < -0.4 is 0 Å². The molecule has 1 atom stereocenters. The smallest absolute Gasteiger partial charge is 0.246 e. The van der Waals surface area contributed by atoms with E-state index < -0.39 is 6.04 Å². The molecule has 8 heteroatoms. The minimum absolute atomic E-state index is 0.00293. The molecule has 25 heavy (non-hydrogen) atoms. The average molecular weight is 387 g/mol. The number of hydrogen-bond donors (Lipinski definition) is 2. The maximum Gasteiger partial charge on any atom is 0.246 e. The number of nitrogens with zero attached hydrogens (tertiary/aromatic N) is 2. The molecule has 1 saturated heterocycles. The highest BCUT2D eigenvalue weighted by Gasteiger charge is 2.30. The molecule has 2 rings (SSSR count). The Balaban J connectivity index is 1.97. The maximum absolute atomic E-state index is 12.4. The van der Waals surface area contributed by atoms with Gasteiger partial charge in [-0.2, -0.15) is 0 Å². The molecule has 1 heterocycles. The molecular formula is C17H20Cl2N2O4. The lowest BCUT2D eigenvalue weighted by Gasteiger charge is -2.40. The number of aromatic hydroxyl groups is 1. The van der Waals surface area contributed by atoms with Gasteiger partial charge in [-0.1, -0.05) is 29.8 Å². The molecule has 2 N–H and O–H groups in total. The van der Waals surface area contributed by atoms with Crippen LogP contribution >= 0.6 is 23.2 Å². The van der Waals surface area contributed by atoms with Crippen molar-refractivity contribution in [2.75, 3.05) is 26.2 Å². The summed E-state index contributed by atoms with van der Waals surface area (Å²) >= 11 is 11.8. The lowest BCUT2D eigenvalue weighted by molar-refractivity contribution is -0.141. The average Bonchev–Trinajstić information content (AvgIpc) is 2.62. The van der Waals surface area contributed by atoms with E-state index in [4.69, 9.17) is 23.2 Å². The largest absolute Gasteiger partial charge is 0.508 e. The molecule has 1 unspecified atom stereocenters. The molecule has 1 aliphatic rings. The lowest BCUT2D eigenvalue weighted by atomic mass is 10.1. The van der Waals surface area contributed by atoms with Gasteiger partial charge in [-0.05, 0) is 24.1 Å². The van der Waals surface area contributed by atoms with Crippen LogP contribution in [0.3, 0.4) is 0 Å².